The first-order chi connectivity index (χ1) is 10.6. The highest BCUT2D eigenvalue weighted by atomic mass is 16.5. The fourth-order valence-electron chi connectivity index (χ4n) is 3.64. The van der Waals surface area contributed by atoms with Gasteiger partial charge in [-0.05, 0) is 43.4 Å². The second-order valence-electron chi connectivity index (χ2n) is 6.89. The van der Waals surface area contributed by atoms with E-state index in [2.05, 4.69) is 17.4 Å². The number of carbonyl (C=O) groups excluding carboxylic acids is 1. The molecule has 0 spiro atoms. The Morgan fingerprint density at radius 1 is 1.45 bits per heavy atom. The molecule has 1 aromatic carbocycles. The van der Waals surface area contributed by atoms with Gasteiger partial charge in [-0.15, -0.1) is 0 Å². The topological polar surface area (TPSA) is 64.4 Å². The molecule has 3 rings (SSSR count). The van der Waals surface area contributed by atoms with Gasteiger partial charge in [0.1, 0.15) is 5.75 Å². The summed E-state index contributed by atoms with van der Waals surface area (Å²) in [6.07, 6.45) is 5.94. The van der Waals surface area contributed by atoms with Gasteiger partial charge in [0.15, 0.2) is 0 Å². The molecular weight excluding hydrogens is 276 g/mol. The lowest BCUT2D eigenvalue weighted by atomic mass is 9.74. The van der Waals surface area contributed by atoms with Crippen LogP contribution in [0.25, 0.3) is 0 Å². The summed E-state index contributed by atoms with van der Waals surface area (Å²) in [6.45, 7) is 3.47. The van der Waals surface area contributed by atoms with Gasteiger partial charge in [-0.1, -0.05) is 25.0 Å². The quantitative estimate of drug-likeness (QED) is 0.896. The Hall–Kier alpha value is -1.55. The molecule has 1 saturated carbocycles. The molecule has 2 unspecified atom stereocenters. The summed E-state index contributed by atoms with van der Waals surface area (Å²) in [5, 5.41) is 3.07. The lowest BCUT2D eigenvalue weighted by Crippen LogP contribution is -2.53. The fourth-order valence-corrected chi connectivity index (χ4v) is 3.64. The van der Waals surface area contributed by atoms with Crippen LogP contribution in [0, 0.1) is 5.92 Å². The molecule has 1 amide bonds. The molecular formula is C18H26N2O2. The molecule has 1 aliphatic carbocycles. The number of rotatable bonds is 4. The van der Waals surface area contributed by atoms with Crippen LogP contribution in [0.2, 0.25) is 0 Å². The largest absolute Gasteiger partial charge is 0.493 e. The van der Waals surface area contributed by atoms with E-state index >= 15 is 0 Å². The van der Waals surface area contributed by atoms with Crippen molar-refractivity contribution in [1.82, 2.24) is 5.32 Å². The zero-order chi connectivity index (χ0) is 15.6. The summed E-state index contributed by atoms with van der Waals surface area (Å²) >= 11 is 0. The number of nitrogens with one attached hydrogen (secondary N) is 1. The van der Waals surface area contributed by atoms with E-state index < -0.39 is 0 Å². The number of nitrogens with two attached hydrogens (primary N) is 1. The van der Waals surface area contributed by atoms with Crippen LogP contribution in [0.15, 0.2) is 18.2 Å². The van der Waals surface area contributed by atoms with Crippen LogP contribution in [0.1, 0.15) is 43.7 Å². The van der Waals surface area contributed by atoms with Crippen molar-refractivity contribution in [3.63, 3.8) is 0 Å². The Kier molecular flexibility index (Phi) is 4.39. The van der Waals surface area contributed by atoms with E-state index in [0.717, 1.165) is 50.9 Å². The Morgan fingerprint density at radius 2 is 2.32 bits per heavy atom. The summed E-state index contributed by atoms with van der Waals surface area (Å²) in [5.41, 5.74) is 8.48. The smallest absolute Gasteiger partial charge is 0.224 e. The van der Waals surface area contributed by atoms with Crippen LogP contribution in [0.5, 0.6) is 5.75 Å². The number of fused-ring (bicyclic) bond motifs is 1. The summed E-state index contributed by atoms with van der Waals surface area (Å²) in [4.78, 5) is 12.4. The minimum Gasteiger partial charge on any atom is -0.493 e. The minimum atomic E-state index is -0.354. The summed E-state index contributed by atoms with van der Waals surface area (Å²) < 4.78 is 5.51. The Morgan fingerprint density at radius 3 is 3.14 bits per heavy atom. The van der Waals surface area contributed by atoms with Crippen molar-refractivity contribution in [3.05, 3.63) is 29.3 Å². The number of ether oxygens (including phenoxy) is 1. The van der Waals surface area contributed by atoms with Crippen LogP contribution in [-0.2, 0) is 17.6 Å². The molecule has 1 aliphatic heterocycles. The molecule has 1 heterocycles. The number of hydrogen-bond acceptors (Lipinski definition) is 3. The normalized spacial score (nSPS) is 27.1. The van der Waals surface area contributed by atoms with E-state index in [9.17, 15) is 4.79 Å². The number of amides is 1. The number of benzene rings is 1. The highest BCUT2D eigenvalue weighted by Gasteiger charge is 2.37. The maximum absolute atomic E-state index is 12.4. The Balaban J connectivity index is 1.51. The van der Waals surface area contributed by atoms with Gasteiger partial charge in [0.25, 0.3) is 0 Å². The third-order valence-corrected chi connectivity index (χ3v) is 5.04. The second-order valence-corrected chi connectivity index (χ2v) is 6.89. The van der Waals surface area contributed by atoms with Crippen LogP contribution < -0.4 is 15.8 Å². The highest BCUT2D eigenvalue weighted by Crippen LogP contribution is 2.31. The zero-order valence-corrected chi connectivity index (χ0v) is 13.4. The van der Waals surface area contributed by atoms with Crippen molar-refractivity contribution < 1.29 is 9.53 Å². The molecule has 120 valence electrons. The molecule has 1 aromatic rings. The van der Waals surface area contributed by atoms with Gasteiger partial charge >= 0.3 is 0 Å². The molecule has 4 nitrogen and oxygen atoms in total. The predicted octanol–water partition coefficient (Wildman–Crippen LogP) is 2.19. The van der Waals surface area contributed by atoms with Crippen molar-refractivity contribution in [2.75, 3.05) is 13.2 Å². The highest BCUT2D eigenvalue weighted by molar-refractivity contribution is 5.80. The SMILES string of the molecule is CC1(N)CCCCC1C(=O)NCCc1ccc2c(c1)CCO2. The fraction of sp³-hybridized carbons (Fsp3) is 0.611. The third-order valence-electron chi connectivity index (χ3n) is 5.04. The second kappa shape index (κ2) is 6.29. The van der Waals surface area contributed by atoms with Gasteiger partial charge in [-0.2, -0.15) is 0 Å². The van der Waals surface area contributed by atoms with Gasteiger partial charge in [0, 0.05) is 18.5 Å². The predicted molar refractivity (Wildman–Crippen MR) is 86.9 cm³/mol. The average Bonchev–Trinajstić information content (AvgIpc) is 2.94. The van der Waals surface area contributed by atoms with Gasteiger partial charge in [0.05, 0.1) is 12.5 Å². The van der Waals surface area contributed by atoms with Crippen molar-refractivity contribution in [3.8, 4) is 5.75 Å². The summed E-state index contributed by atoms with van der Waals surface area (Å²) in [5.74, 6) is 1.08. The number of hydrogen-bond donors (Lipinski definition) is 2. The van der Waals surface area contributed by atoms with Crippen LogP contribution in [0.3, 0.4) is 0 Å². The van der Waals surface area contributed by atoms with E-state index in [-0.39, 0.29) is 17.4 Å². The first kappa shape index (κ1) is 15.3. The van der Waals surface area contributed by atoms with Crippen molar-refractivity contribution >= 4 is 5.91 Å². The van der Waals surface area contributed by atoms with E-state index in [1.54, 1.807) is 0 Å². The molecule has 1 fully saturated rings. The zero-order valence-electron chi connectivity index (χ0n) is 13.4. The molecule has 0 saturated heterocycles. The Labute approximate surface area is 132 Å². The minimum absolute atomic E-state index is 0.0466. The molecule has 3 N–H and O–H groups in total. The van der Waals surface area contributed by atoms with E-state index in [0.29, 0.717) is 6.54 Å². The van der Waals surface area contributed by atoms with E-state index in [1.807, 2.05) is 13.0 Å². The monoisotopic (exact) mass is 302 g/mol. The van der Waals surface area contributed by atoms with Crippen molar-refractivity contribution in [2.24, 2.45) is 11.7 Å². The van der Waals surface area contributed by atoms with Crippen LogP contribution in [-0.4, -0.2) is 24.6 Å². The van der Waals surface area contributed by atoms with Crippen LogP contribution in [0.4, 0.5) is 0 Å². The first-order valence-electron chi connectivity index (χ1n) is 8.37. The standard InChI is InChI=1S/C18H26N2O2/c1-18(19)9-3-2-4-15(18)17(21)20-10-7-13-5-6-16-14(12-13)8-11-22-16/h5-6,12,15H,2-4,7-11,19H2,1H3,(H,20,21). The maximum Gasteiger partial charge on any atom is 0.224 e. The Bertz CT molecular complexity index is 554. The van der Waals surface area contributed by atoms with Crippen LogP contribution >= 0.6 is 0 Å². The molecule has 0 bridgehead atoms. The molecule has 4 heteroatoms. The maximum atomic E-state index is 12.4. The molecule has 2 aliphatic rings. The van der Waals surface area contributed by atoms with Crippen molar-refractivity contribution in [2.45, 2.75) is 51.0 Å². The lowest BCUT2D eigenvalue weighted by molar-refractivity contribution is -0.128. The molecule has 2 atom stereocenters. The average molecular weight is 302 g/mol. The number of carbonyl (C=O) groups is 1. The van der Waals surface area contributed by atoms with Gasteiger partial charge in [-0.3, -0.25) is 4.79 Å². The van der Waals surface area contributed by atoms with E-state index in [4.69, 9.17) is 10.5 Å². The molecule has 22 heavy (non-hydrogen) atoms. The molecule has 0 radical (unpaired) electrons. The first-order valence-corrected chi connectivity index (χ1v) is 8.37. The lowest BCUT2D eigenvalue weighted by Gasteiger charge is -2.37. The van der Waals surface area contributed by atoms with E-state index in [1.165, 1.54) is 11.1 Å². The molecule has 0 aromatic heterocycles. The van der Waals surface area contributed by atoms with Gasteiger partial charge in [-0.25, -0.2) is 0 Å². The summed E-state index contributed by atoms with van der Waals surface area (Å²) in [7, 11) is 0. The summed E-state index contributed by atoms with van der Waals surface area (Å²) in [6, 6.07) is 6.32. The van der Waals surface area contributed by atoms with Gasteiger partial charge in [0.2, 0.25) is 5.91 Å². The van der Waals surface area contributed by atoms with Gasteiger partial charge < -0.3 is 15.8 Å². The third kappa shape index (κ3) is 3.27. The van der Waals surface area contributed by atoms with Crippen molar-refractivity contribution in [1.29, 1.82) is 0 Å².